The largest absolute Gasteiger partial charge is 0.345 e. The van der Waals surface area contributed by atoms with Crippen LogP contribution in [0.1, 0.15) is 31.1 Å². The Morgan fingerprint density at radius 1 is 1.42 bits per heavy atom. The molecule has 0 bridgehead atoms. The lowest BCUT2D eigenvalue weighted by molar-refractivity contribution is 0.0878. The zero-order valence-corrected chi connectivity index (χ0v) is 12.0. The zero-order chi connectivity index (χ0) is 13.9. The number of nitrogens with two attached hydrogens (primary N) is 1. The Kier molecular flexibility index (Phi) is 6.39. The van der Waals surface area contributed by atoms with Crippen LogP contribution in [-0.2, 0) is 0 Å². The molecular weight excluding hydrogens is 274 g/mol. The Balaban J connectivity index is 0.00000324. The second kappa shape index (κ2) is 6.82. The molecule has 3 nitrogen and oxygen atoms in total. The average Bonchev–Trinajstić information content (AvgIpc) is 2.32. The summed E-state index contributed by atoms with van der Waals surface area (Å²) in [6.45, 7) is 5.78. The number of carbonyl (C=O) groups excluding carboxylic acids is 1. The average molecular weight is 293 g/mol. The van der Waals surface area contributed by atoms with Gasteiger partial charge in [-0.25, -0.2) is 8.78 Å². The molecule has 0 fully saturated rings. The summed E-state index contributed by atoms with van der Waals surface area (Å²) in [5.41, 5.74) is 4.65. The standard InChI is InChI=1S/C13H18F2N2O.ClH/c1-8(2)13(3,7-16)17-12(18)9-5-4-6-10(14)11(9)15;/h4-6,8H,7,16H2,1-3H3,(H,17,18);1H. The van der Waals surface area contributed by atoms with Crippen molar-refractivity contribution in [3.05, 3.63) is 35.4 Å². The van der Waals surface area contributed by atoms with Crippen molar-refractivity contribution in [3.8, 4) is 0 Å². The monoisotopic (exact) mass is 292 g/mol. The molecule has 0 aliphatic heterocycles. The first-order valence-electron chi connectivity index (χ1n) is 5.78. The molecular formula is C13H19ClF2N2O. The van der Waals surface area contributed by atoms with Crippen LogP contribution < -0.4 is 11.1 Å². The molecule has 0 heterocycles. The fourth-order valence-corrected chi connectivity index (χ4v) is 1.44. The first-order chi connectivity index (χ1) is 8.31. The molecule has 1 amide bonds. The number of rotatable bonds is 4. The van der Waals surface area contributed by atoms with Crippen LogP contribution in [-0.4, -0.2) is 18.0 Å². The fourth-order valence-electron chi connectivity index (χ4n) is 1.44. The Morgan fingerprint density at radius 2 is 2.00 bits per heavy atom. The van der Waals surface area contributed by atoms with Gasteiger partial charge < -0.3 is 11.1 Å². The first kappa shape index (κ1) is 17.8. The van der Waals surface area contributed by atoms with Crippen LogP contribution in [0.2, 0.25) is 0 Å². The minimum atomic E-state index is -1.14. The maximum absolute atomic E-state index is 13.5. The zero-order valence-electron chi connectivity index (χ0n) is 11.2. The van der Waals surface area contributed by atoms with Crippen molar-refractivity contribution in [1.82, 2.24) is 5.32 Å². The van der Waals surface area contributed by atoms with Gasteiger partial charge in [0.05, 0.1) is 11.1 Å². The number of benzene rings is 1. The second-order valence-electron chi connectivity index (χ2n) is 4.83. The van der Waals surface area contributed by atoms with Crippen molar-refractivity contribution in [2.75, 3.05) is 6.54 Å². The Hall–Kier alpha value is -1.20. The molecule has 0 saturated carbocycles. The molecule has 1 unspecified atom stereocenters. The van der Waals surface area contributed by atoms with E-state index in [-0.39, 0.29) is 30.4 Å². The van der Waals surface area contributed by atoms with Gasteiger partial charge in [0.15, 0.2) is 11.6 Å². The van der Waals surface area contributed by atoms with Gasteiger partial charge in [-0.1, -0.05) is 19.9 Å². The molecule has 0 radical (unpaired) electrons. The molecule has 0 aliphatic carbocycles. The van der Waals surface area contributed by atoms with Crippen LogP contribution in [0.3, 0.4) is 0 Å². The minimum absolute atomic E-state index is 0. The van der Waals surface area contributed by atoms with Gasteiger partial charge in [0.25, 0.3) is 5.91 Å². The van der Waals surface area contributed by atoms with Crippen LogP contribution in [0, 0.1) is 17.6 Å². The smallest absolute Gasteiger partial charge is 0.254 e. The Bertz CT molecular complexity index is 454. The molecule has 6 heteroatoms. The SMILES string of the molecule is CC(C)C(C)(CN)NC(=O)c1cccc(F)c1F.Cl. The summed E-state index contributed by atoms with van der Waals surface area (Å²) in [5, 5.41) is 2.66. The third kappa shape index (κ3) is 3.88. The van der Waals surface area contributed by atoms with Crippen molar-refractivity contribution in [2.45, 2.75) is 26.3 Å². The van der Waals surface area contributed by atoms with Crippen LogP contribution in [0.25, 0.3) is 0 Å². The molecule has 0 aliphatic rings. The predicted molar refractivity (Wildman–Crippen MR) is 73.4 cm³/mol. The Morgan fingerprint density at radius 3 is 2.47 bits per heavy atom. The number of hydrogen-bond acceptors (Lipinski definition) is 2. The van der Waals surface area contributed by atoms with Gasteiger partial charge >= 0.3 is 0 Å². The molecule has 108 valence electrons. The van der Waals surface area contributed by atoms with Gasteiger partial charge in [-0.15, -0.1) is 12.4 Å². The van der Waals surface area contributed by atoms with E-state index in [1.54, 1.807) is 6.92 Å². The van der Waals surface area contributed by atoms with E-state index in [0.717, 1.165) is 6.07 Å². The van der Waals surface area contributed by atoms with Crippen molar-refractivity contribution < 1.29 is 13.6 Å². The van der Waals surface area contributed by atoms with Crippen LogP contribution in [0.4, 0.5) is 8.78 Å². The summed E-state index contributed by atoms with van der Waals surface area (Å²) in [6.07, 6.45) is 0. The van der Waals surface area contributed by atoms with Gasteiger partial charge in [0, 0.05) is 6.54 Å². The van der Waals surface area contributed by atoms with E-state index < -0.39 is 23.1 Å². The molecule has 3 N–H and O–H groups in total. The van der Waals surface area contributed by atoms with Gasteiger partial charge in [0.1, 0.15) is 0 Å². The Labute approximate surface area is 118 Å². The number of hydrogen-bond donors (Lipinski definition) is 2. The van der Waals surface area contributed by atoms with Crippen molar-refractivity contribution in [1.29, 1.82) is 0 Å². The highest BCUT2D eigenvalue weighted by atomic mass is 35.5. The molecule has 0 aromatic heterocycles. The summed E-state index contributed by atoms with van der Waals surface area (Å²) in [7, 11) is 0. The highest BCUT2D eigenvalue weighted by molar-refractivity contribution is 5.95. The number of halogens is 3. The van der Waals surface area contributed by atoms with E-state index >= 15 is 0 Å². The molecule has 19 heavy (non-hydrogen) atoms. The number of nitrogens with one attached hydrogen (secondary N) is 1. The van der Waals surface area contributed by atoms with E-state index in [1.165, 1.54) is 12.1 Å². The normalized spacial score (nSPS) is 13.6. The molecule has 0 spiro atoms. The highest BCUT2D eigenvalue weighted by Crippen LogP contribution is 2.17. The van der Waals surface area contributed by atoms with Crippen LogP contribution >= 0.6 is 12.4 Å². The number of amides is 1. The minimum Gasteiger partial charge on any atom is -0.345 e. The molecule has 1 rings (SSSR count). The highest BCUT2D eigenvalue weighted by Gasteiger charge is 2.30. The predicted octanol–water partition coefficient (Wildman–Crippen LogP) is 2.49. The lowest BCUT2D eigenvalue weighted by Gasteiger charge is -2.33. The third-order valence-electron chi connectivity index (χ3n) is 3.29. The van der Waals surface area contributed by atoms with Gasteiger partial charge in [-0.05, 0) is 25.0 Å². The molecule has 0 saturated heterocycles. The fraction of sp³-hybridized carbons (Fsp3) is 0.462. The van der Waals surface area contributed by atoms with E-state index in [9.17, 15) is 13.6 Å². The maximum atomic E-state index is 13.5. The third-order valence-corrected chi connectivity index (χ3v) is 3.29. The first-order valence-corrected chi connectivity index (χ1v) is 5.78. The van der Waals surface area contributed by atoms with E-state index in [4.69, 9.17) is 5.73 Å². The van der Waals surface area contributed by atoms with Gasteiger partial charge in [0.2, 0.25) is 0 Å². The van der Waals surface area contributed by atoms with Crippen molar-refractivity contribution >= 4 is 18.3 Å². The topological polar surface area (TPSA) is 55.1 Å². The van der Waals surface area contributed by atoms with Gasteiger partial charge in [-0.3, -0.25) is 4.79 Å². The van der Waals surface area contributed by atoms with Crippen LogP contribution in [0.15, 0.2) is 18.2 Å². The molecule has 1 aromatic carbocycles. The summed E-state index contributed by atoms with van der Waals surface area (Å²) < 4.78 is 26.5. The lowest BCUT2D eigenvalue weighted by atomic mass is 9.88. The van der Waals surface area contributed by atoms with E-state index in [2.05, 4.69) is 5.32 Å². The quantitative estimate of drug-likeness (QED) is 0.896. The van der Waals surface area contributed by atoms with E-state index in [1.807, 2.05) is 13.8 Å². The summed E-state index contributed by atoms with van der Waals surface area (Å²) in [4.78, 5) is 11.9. The number of carbonyl (C=O) groups is 1. The summed E-state index contributed by atoms with van der Waals surface area (Å²) in [5.74, 6) is -2.77. The van der Waals surface area contributed by atoms with Gasteiger partial charge in [-0.2, -0.15) is 0 Å². The second-order valence-corrected chi connectivity index (χ2v) is 4.83. The summed E-state index contributed by atoms with van der Waals surface area (Å²) in [6, 6.07) is 3.50. The van der Waals surface area contributed by atoms with Crippen molar-refractivity contribution in [3.63, 3.8) is 0 Å². The van der Waals surface area contributed by atoms with Crippen molar-refractivity contribution in [2.24, 2.45) is 11.7 Å². The lowest BCUT2D eigenvalue weighted by Crippen LogP contribution is -2.55. The summed E-state index contributed by atoms with van der Waals surface area (Å²) >= 11 is 0. The van der Waals surface area contributed by atoms with E-state index in [0.29, 0.717) is 0 Å². The molecule has 1 aromatic rings. The molecule has 1 atom stereocenters. The maximum Gasteiger partial charge on any atom is 0.254 e. The van der Waals surface area contributed by atoms with Crippen LogP contribution in [0.5, 0.6) is 0 Å².